The van der Waals surface area contributed by atoms with Crippen LogP contribution in [0.15, 0.2) is 23.6 Å². The summed E-state index contributed by atoms with van der Waals surface area (Å²) in [5, 5.41) is 6.78. The lowest BCUT2D eigenvalue weighted by Gasteiger charge is -2.04. The summed E-state index contributed by atoms with van der Waals surface area (Å²) in [6, 6.07) is 6.60. The van der Waals surface area contributed by atoms with Gasteiger partial charge in [-0.15, -0.1) is 11.3 Å². The van der Waals surface area contributed by atoms with E-state index in [1.54, 1.807) is 11.3 Å². The van der Waals surface area contributed by atoms with E-state index in [-0.39, 0.29) is 0 Å². The zero-order valence-electron chi connectivity index (χ0n) is 10.9. The van der Waals surface area contributed by atoms with Gasteiger partial charge in [0, 0.05) is 23.4 Å². The number of aryl methyl sites for hydroxylation is 2. The topological polar surface area (TPSA) is 24.9 Å². The lowest BCUT2D eigenvalue weighted by Crippen LogP contribution is -2.08. The second kappa shape index (κ2) is 4.82. The van der Waals surface area contributed by atoms with Crippen LogP contribution in [-0.4, -0.2) is 18.1 Å². The Labute approximate surface area is 112 Å². The molecule has 18 heavy (non-hydrogen) atoms. The molecule has 3 rings (SSSR count). The van der Waals surface area contributed by atoms with Crippen molar-refractivity contribution in [2.75, 3.05) is 13.1 Å². The largest absolute Gasteiger partial charge is 0.316 e. The average molecular weight is 258 g/mol. The predicted octanol–water partition coefficient (Wildman–Crippen LogP) is 3.50. The van der Waals surface area contributed by atoms with Crippen LogP contribution in [0, 0.1) is 13.8 Å². The third-order valence-electron chi connectivity index (χ3n) is 3.75. The van der Waals surface area contributed by atoms with E-state index in [0.29, 0.717) is 5.92 Å². The minimum absolute atomic E-state index is 0.613. The molecule has 0 radical (unpaired) electrons. The summed E-state index contributed by atoms with van der Waals surface area (Å²) in [5.74, 6) is 0.613. The van der Waals surface area contributed by atoms with Crippen molar-refractivity contribution in [2.24, 2.45) is 0 Å². The minimum Gasteiger partial charge on any atom is -0.316 e. The summed E-state index contributed by atoms with van der Waals surface area (Å²) < 4.78 is 0. The van der Waals surface area contributed by atoms with Crippen molar-refractivity contribution >= 4 is 11.3 Å². The molecule has 1 saturated heterocycles. The molecule has 0 saturated carbocycles. The first-order valence-corrected chi connectivity index (χ1v) is 7.36. The molecule has 0 amide bonds. The Bertz CT molecular complexity index is 553. The summed E-state index contributed by atoms with van der Waals surface area (Å²) in [4.78, 5) is 4.81. The molecular weight excluding hydrogens is 240 g/mol. The first-order chi connectivity index (χ1) is 8.74. The Hall–Kier alpha value is -1.19. The second-order valence-electron chi connectivity index (χ2n) is 5.07. The average Bonchev–Trinajstić information content (AvgIpc) is 3.01. The van der Waals surface area contributed by atoms with E-state index < -0.39 is 0 Å². The number of hydrogen-bond acceptors (Lipinski definition) is 3. The normalized spacial score (nSPS) is 19.3. The van der Waals surface area contributed by atoms with Gasteiger partial charge >= 0.3 is 0 Å². The fraction of sp³-hybridized carbons (Fsp3) is 0.400. The first-order valence-electron chi connectivity index (χ1n) is 6.48. The van der Waals surface area contributed by atoms with Crippen LogP contribution < -0.4 is 5.32 Å². The van der Waals surface area contributed by atoms with Crippen LogP contribution in [0.1, 0.15) is 29.2 Å². The zero-order valence-corrected chi connectivity index (χ0v) is 11.7. The van der Waals surface area contributed by atoms with Crippen LogP contribution in [-0.2, 0) is 0 Å². The molecule has 0 spiro atoms. The van der Waals surface area contributed by atoms with E-state index in [9.17, 15) is 0 Å². The second-order valence-corrected chi connectivity index (χ2v) is 5.92. The van der Waals surface area contributed by atoms with Crippen molar-refractivity contribution in [2.45, 2.75) is 26.2 Å². The SMILES string of the molecule is Cc1ccc(-c2nc(C3CCNC3)cs2)cc1C. The Kier molecular flexibility index (Phi) is 3.18. The monoisotopic (exact) mass is 258 g/mol. The highest BCUT2D eigenvalue weighted by Gasteiger charge is 2.19. The molecule has 3 heteroatoms. The predicted molar refractivity (Wildman–Crippen MR) is 77.3 cm³/mol. The lowest BCUT2D eigenvalue weighted by molar-refractivity contribution is 0.742. The van der Waals surface area contributed by atoms with Crippen LogP contribution in [0.4, 0.5) is 0 Å². The fourth-order valence-corrected chi connectivity index (χ4v) is 3.29. The first kappa shape index (κ1) is 11.9. The number of benzene rings is 1. The molecule has 1 fully saturated rings. The standard InChI is InChI=1S/C15H18N2S/c1-10-3-4-12(7-11(10)2)15-17-14(9-18-15)13-5-6-16-8-13/h3-4,7,9,13,16H,5-6,8H2,1-2H3. The maximum absolute atomic E-state index is 4.81. The van der Waals surface area contributed by atoms with Gasteiger partial charge in [0.25, 0.3) is 0 Å². The molecule has 1 atom stereocenters. The molecule has 1 unspecified atom stereocenters. The summed E-state index contributed by atoms with van der Waals surface area (Å²) in [6.45, 7) is 6.52. The van der Waals surface area contributed by atoms with Crippen molar-refractivity contribution < 1.29 is 0 Å². The number of aromatic nitrogens is 1. The van der Waals surface area contributed by atoms with Crippen molar-refractivity contribution in [1.82, 2.24) is 10.3 Å². The van der Waals surface area contributed by atoms with E-state index in [4.69, 9.17) is 4.98 Å². The van der Waals surface area contributed by atoms with Gasteiger partial charge in [-0.1, -0.05) is 12.1 Å². The highest BCUT2D eigenvalue weighted by atomic mass is 32.1. The molecule has 1 aliphatic heterocycles. The Morgan fingerprint density at radius 1 is 1.28 bits per heavy atom. The van der Waals surface area contributed by atoms with Crippen molar-refractivity contribution in [3.8, 4) is 10.6 Å². The summed E-state index contributed by atoms with van der Waals surface area (Å²) >= 11 is 1.77. The van der Waals surface area contributed by atoms with Crippen molar-refractivity contribution in [3.05, 3.63) is 40.4 Å². The molecule has 2 aromatic rings. The zero-order chi connectivity index (χ0) is 12.5. The van der Waals surface area contributed by atoms with Gasteiger partial charge in [0.2, 0.25) is 0 Å². The van der Waals surface area contributed by atoms with Gasteiger partial charge in [0.15, 0.2) is 0 Å². The number of nitrogens with one attached hydrogen (secondary N) is 1. The Morgan fingerprint density at radius 2 is 2.17 bits per heavy atom. The summed E-state index contributed by atoms with van der Waals surface area (Å²) in [6.07, 6.45) is 1.22. The Balaban J connectivity index is 1.89. The molecule has 0 bridgehead atoms. The third-order valence-corrected chi connectivity index (χ3v) is 4.66. The summed E-state index contributed by atoms with van der Waals surface area (Å²) in [5.41, 5.74) is 5.20. The molecule has 2 nitrogen and oxygen atoms in total. The van der Waals surface area contributed by atoms with Gasteiger partial charge < -0.3 is 5.32 Å². The van der Waals surface area contributed by atoms with Crippen LogP contribution in [0.25, 0.3) is 10.6 Å². The van der Waals surface area contributed by atoms with Gasteiger partial charge in [-0.3, -0.25) is 0 Å². The van der Waals surface area contributed by atoms with Gasteiger partial charge in [0.05, 0.1) is 5.69 Å². The van der Waals surface area contributed by atoms with Crippen LogP contribution in [0.2, 0.25) is 0 Å². The summed E-state index contributed by atoms with van der Waals surface area (Å²) in [7, 11) is 0. The van der Waals surface area contributed by atoms with E-state index in [0.717, 1.165) is 18.1 Å². The number of hydrogen-bond donors (Lipinski definition) is 1. The van der Waals surface area contributed by atoms with E-state index in [1.165, 1.54) is 28.8 Å². The fourth-order valence-electron chi connectivity index (χ4n) is 2.39. The lowest BCUT2D eigenvalue weighted by atomic mass is 10.1. The third kappa shape index (κ3) is 2.20. The van der Waals surface area contributed by atoms with Gasteiger partial charge in [0.1, 0.15) is 5.01 Å². The molecule has 1 aromatic heterocycles. The van der Waals surface area contributed by atoms with Gasteiger partial charge in [-0.25, -0.2) is 4.98 Å². The number of rotatable bonds is 2. The Morgan fingerprint density at radius 3 is 2.89 bits per heavy atom. The maximum Gasteiger partial charge on any atom is 0.123 e. The van der Waals surface area contributed by atoms with Crippen molar-refractivity contribution in [3.63, 3.8) is 0 Å². The van der Waals surface area contributed by atoms with Crippen LogP contribution >= 0.6 is 11.3 Å². The molecule has 1 N–H and O–H groups in total. The minimum atomic E-state index is 0.613. The van der Waals surface area contributed by atoms with E-state index >= 15 is 0 Å². The smallest absolute Gasteiger partial charge is 0.123 e. The van der Waals surface area contributed by atoms with Gasteiger partial charge in [-0.2, -0.15) is 0 Å². The molecule has 94 valence electrons. The highest BCUT2D eigenvalue weighted by molar-refractivity contribution is 7.13. The van der Waals surface area contributed by atoms with Crippen molar-refractivity contribution in [1.29, 1.82) is 0 Å². The van der Waals surface area contributed by atoms with E-state index in [1.807, 2.05) is 0 Å². The number of nitrogens with zero attached hydrogens (tertiary/aromatic N) is 1. The molecule has 1 aromatic carbocycles. The molecule has 2 heterocycles. The maximum atomic E-state index is 4.81. The molecule has 0 aliphatic carbocycles. The van der Waals surface area contributed by atoms with Gasteiger partial charge in [-0.05, 0) is 44.0 Å². The molecule has 1 aliphatic rings. The number of thiazole rings is 1. The van der Waals surface area contributed by atoms with E-state index in [2.05, 4.69) is 42.7 Å². The van der Waals surface area contributed by atoms with Crippen LogP contribution in [0.5, 0.6) is 0 Å². The quantitative estimate of drug-likeness (QED) is 0.891. The van der Waals surface area contributed by atoms with Crippen LogP contribution in [0.3, 0.4) is 0 Å². The highest BCUT2D eigenvalue weighted by Crippen LogP contribution is 2.30. The molecular formula is C15H18N2S.